The molecule has 0 radical (unpaired) electrons. The monoisotopic (exact) mass is 874 g/mol. The van der Waals surface area contributed by atoms with Gasteiger partial charge in [0, 0.05) is 29.0 Å². The molecule has 3 amide bonds. The zero-order valence-corrected chi connectivity index (χ0v) is 28.9. The summed E-state index contributed by atoms with van der Waals surface area (Å²) in [6, 6.07) is 12.5. The number of furan rings is 1. The van der Waals surface area contributed by atoms with Gasteiger partial charge < -0.3 is 9.15 Å². The number of ether oxygens (including phenoxy) is 1. The van der Waals surface area contributed by atoms with Crippen LogP contribution in [0.1, 0.15) is 52.0 Å². The van der Waals surface area contributed by atoms with Crippen LogP contribution in [0.4, 0.5) is 0 Å². The average Bonchev–Trinajstić information content (AvgIpc) is 3.62. The zero-order chi connectivity index (χ0) is 31.2. The lowest BCUT2D eigenvalue weighted by molar-refractivity contribution is 0.00526. The van der Waals surface area contributed by atoms with E-state index < -0.39 is 36.0 Å². The van der Waals surface area contributed by atoms with E-state index in [1.54, 1.807) is 0 Å². The first kappa shape index (κ1) is 31.6. The Morgan fingerprint density at radius 3 is 1.91 bits per heavy atom. The minimum Gasteiger partial charge on any atom is -0.457 e. The van der Waals surface area contributed by atoms with Gasteiger partial charge in [0.05, 0.1) is 27.4 Å². The van der Waals surface area contributed by atoms with Gasteiger partial charge in [-0.2, -0.15) is 5.01 Å². The number of imide groups is 1. The van der Waals surface area contributed by atoms with E-state index in [0.717, 1.165) is 5.01 Å². The maximum atomic E-state index is 13.8. The zero-order valence-electron chi connectivity index (χ0n) is 21.0. The summed E-state index contributed by atoms with van der Waals surface area (Å²) in [4.78, 5) is 66.9. The van der Waals surface area contributed by atoms with Crippen LogP contribution < -0.4 is 4.74 Å². The van der Waals surface area contributed by atoms with Crippen LogP contribution in [-0.4, -0.2) is 46.0 Å². The minimum absolute atomic E-state index is 0.00473. The van der Waals surface area contributed by atoms with Gasteiger partial charge in [0.1, 0.15) is 12.3 Å². The van der Waals surface area contributed by atoms with Gasteiger partial charge in [0.25, 0.3) is 17.7 Å². The van der Waals surface area contributed by atoms with Crippen LogP contribution in [0.15, 0.2) is 83.2 Å². The molecule has 5 rings (SSSR count). The van der Waals surface area contributed by atoms with Crippen molar-refractivity contribution in [2.24, 2.45) is 0 Å². The third-order valence-electron chi connectivity index (χ3n) is 6.12. The summed E-state index contributed by atoms with van der Waals surface area (Å²) < 4.78 is 11.7. The van der Waals surface area contributed by atoms with Crippen molar-refractivity contribution in [2.75, 3.05) is 6.54 Å². The molecule has 0 saturated heterocycles. The molecule has 0 unspecified atom stereocenters. The van der Waals surface area contributed by atoms with Crippen molar-refractivity contribution in [1.29, 1.82) is 0 Å². The second kappa shape index (κ2) is 12.7. The van der Waals surface area contributed by atoms with E-state index in [4.69, 9.17) is 32.4 Å². The lowest BCUT2D eigenvalue weighted by Crippen LogP contribution is -2.51. The number of hydrogen-bond donors (Lipinski definition) is 0. The van der Waals surface area contributed by atoms with E-state index in [1.807, 2.05) is 0 Å². The molecule has 15 heteroatoms. The first-order valence-electron chi connectivity index (χ1n) is 11.8. The lowest BCUT2D eigenvalue weighted by Gasteiger charge is -2.29. The van der Waals surface area contributed by atoms with E-state index in [9.17, 15) is 24.0 Å². The van der Waals surface area contributed by atoms with Crippen molar-refractivity contribution in [3.8, 4) is 5.75 Å². The number of rotatable bonds is 7. The number of ketones is 1. The van der Waals surface area contributed by atoms with Crippen LogP contribution in [0, 0.1) is 0 Å². The van der Waals surface area contributed by atoms with Gasteiger partial charge in [-0.15, -0.1) is 0 Å². The molecule has 0 fully saturated rings. The van der Waals surface area contributed by atoms with Crippen LogP contribution in [0.3, 0.4) is 0 Å². The van der Waals surface area contributed by atoms with E-state index >= 15 is 0 Å². The number of fused-ring (bicyclic) bond motifs is 1. The Bertz CT molecular complexity index is 1800. The molecule has 1 aliphatic heterocycles. The fourth-order valence-electron chi connectivity index (χ4n) is 4.06. The highest BCUT2D eigenvalue weighted by molar-refractivity contribution is 9.15. The summed E-state index contributed by atoms with van der Waals surface area (Å²) in [7, 11) is 0. The van der Waals surface area contributed by atoms with Crippen LogP contribution >= 0.6 is 86.9 Å². The predicted octanol–water partition coefficient (Wildman–Crippen LogP) is 8.39. The number of benzene rings is 3. The van der Waals surface area contributed by atoms with Crippen LogP contribution in [0.2, 0.25) is 10.0 Å². The molecule has 4 aromatic rings. The quantitative estimate of drug-likeness (QED) is 0.0458. The molecule has 0 atom stereocenters. The molecule has 0 spiro atoms. The predicted molar refractivity (Wildman–Crippen MR) is 170 cm³/mol. The summed E-state index contributed by atoms with van der Waals surface area (Å²) in [5.41, 5.74) is 0.0387. The number of carbonyl (C=O) groups is 5. The number of amides is 3. The molecule has 3 aromatic carbocycles. The molecule has 2 heterocycles. The third-order valence-corrected chi connectivity index (χ3v) is 11.6. The Morgan fingerprint density at radius 1 is 0.791 bits per heavy atom. The van der Waals surface area contributed by atoms with Gasteiger partial charge in [-0.25, -0.2) is 9.80 Å². The molecule has 0 aliphatic carbocycles. The van der Waals surface area contributed by atoms with E-state index in [0.29, 0.717) is 14.0 Å². The normalized spacial score (nSPS) is 12.4. The highest BCUT2D eigenvalue weighted by atomic mass is 79.9. The highest BCUT2D eigenvalue weighted by Crippen LogP contribution is 2.45. The van der Waals surface area contributed by atoms with Gasteiger partial charge in [0.15, 0.2) is 5.78 Å². The third kappa shape index (κ3) is 5.98. The number of Topliss-reactive ketones (excluding diaryl/α,β-unsaturated/α-hetero) is 1. The van der Waals surface area contributed by atoms with Crippen LogP contribution in [0.5, 0.6) is 5.75 Å². The lowest BCUT2D eigenvalue weighted by atomic mass is 10.1. The minimum atomic E-state index is -0.865. The average molecular weight is 879 g/mol. The Kier molecular flexibility index (Phi) is 9.31. The Balaban J connectivity index is 1.49. The van der Waals surface area contributed by atoms with Gasteiger partial charge in [-0.1, -0.05) is 23.2 Å². The molecule has 218 valence electrons. The summed E-state index contributed by atoms with van der Waals surface area (Å²) in [5, 5.41) is 1.59. The maximum absolute atomic E-state index is 13.8. The Morgan fingerprint density at radius 2 is 1.37 bits per heavy atom. The molecular weight excluding hydrogens is 867 g/mol. The molecule has 43 heavy (non-hydrogen) atoms. The van der Waals surface area contributed by atoms with Gasteiger partial charge in [-0.3, -0.25) is 19.2 Å². The molecule has 0 bridgehead atoms. The highest BCUT2D eigenvalue weighted by Gasteiger charge is 2.46. The summed E-state index contributed by atoms with van der Waals surface area (Å²) in [6.07, 6.45) is 1.33. The van der Waals surface area contributed by atoms with E-state index in [-0.39, 0.29) is 52.8 Å². The summed E-state index contributed by atoms with van der Waals surface area (Å²) in [6.45, 7) is -0.715. The second-order valence-corrected chi connectivity index (χ2v) is 12.7. The first-order chi connectivity index (χ1) is 20.4. The van der Waals surface area contributed by atoms with Crippen molar-refractivity contribution >= 4 is 116 Å². The van der Waals surface area contributed by atoms with E-state index in [1.165, 1.54) is 60.9 Å². The topological polar surface area (TPSA) is 114 Å². The van der Waals surface area contributed by atoms with Crippen molar-refractivity contribution in [3.05, 3.63) is 117 Å². The van der Waals surface area contributed by atoms with Crippen molar-refractivity contribution in [3.63, 3.8) is 0 Å². The van der Waals surface area contributed by atoms with Crippen LogP contribution in [-0.2, 0) is 0 Å². The SMILES string of the molecule is O=C(CN(C(=O)c1ccc(Cl)c(Cl)c1)N1C(=O)c2c(Br)c(Br)c(Br)c(Br)c2C1=O)c1ccc(OC(=O)c2ccco2)cc1. The number of carbonyl (C=O) groups excluding carboxylic acids is 5. The smallest absolute Gasteiger partial charge is 0.379 e. The molecule has 0 N–H and O–H groups in total. The number of halogens is 6. The van der Waals surface area contributed by atoms with Gasteiger partial charge >= 0.3 is 5.97 Å². The standard InChI is InChI=1S/C28H12Br4Cl2N2O7/c29-21-19-20(22(30)24(32)23(21)31)27(40)36(26(19)39)35(25(38)13-5-8-15(33)16(34)10-13)11-17(37)12-3-6-14(7-4-12)43-28(41)18-2-1-9-42-18/h1-10H,11H2. The van der Waals surface area contributed by atoms with Crippen molar-refractivity contribution < 1.29 is 33.1 Å². The van der Waals surface area contributed by atoms with Gasteiger partial charge in [-0.05, 0) is 118 Å². The summed E-state index contributed by atoms with van der Waals surface area (Å²) >= 11 is 25.6. The number of nitrogens with zero attached hydrogens (tertiary/aromatic N) is 2. The maximum Gasteiger partial charge on any atom is 0.379 e. The largest absolute Gasteiger partial charge is 0.457 e. The van der Waals surface area contributed by atoms with Gasteiger partial charge in [0.2, 0.25) is 5.76 Å². The van der Waals surface area contributed by atoms with Crippen LogP contribution in [0.25, 0.3) is 0 Å². The molecule has 9 nitrogen and oxygen atoms in total. The van der Waals surface area contributed by atoms with Crippen molar-refractivity contribution in [1.82, 2.24) is 10.0 Å². The Labute approximate surface area is 286 Å². The fourth-order valence-corrected chi connectivity index (χ4v) is 6.81. The second-order valence-electron chi connectivity index (χ2n) is 8.73. The number of hydrogen-bond acceptors (Lipinski definition) is 7. The molecule has 1 aromatic heterocycles. The fraction of sp³-hybridized carbons (Fsp3) is 0.0357. The van der Waals surface area contributed by atoms with Crippen molar-refractivity contribution in [2.45, 2.75) is 0 Å². The van der Waals surface area contributed by atoms with E-state index in [2.05, 4.69) is 63.7 Å². The number of hydrazine groups is 1. The molecular formula is C28H12Br4Cl2N2O7. The first-order valence-corrected chi connectivity index (χ1v) is 15.7. The molecule has 0 saturated carbocycles. The Hall–Kier alpha value is -2.81. The molecule has 1 aliphatic rings. The summed E-state index contributed by atoms with van der Waals surface area (Å²) in [5.74, 6) is -3.79. The number of esters is 1.